The lowest BCUT2D eigenvalue weighted by molar-refractivity contribution is -0.133. The lowest BCUT2D eigenvalue weighted by Crippen LogP contribution is -2.40. The third-order valence-electron chi connectivity index (χ3n) is 4.47. The fourth-order valence-corrected chi connectivity index (χ4v) is 3.17. The summed E-state index contributed by atoms with van der Waals surface area (Å²) < 4.78 is 3.81. The van der Waals surface area contributed by atoms with E-state index in [1.165, 1.54) is 0 Å². The van der Waals surface area contributed by atoms with Gasteiger partial charge in [-0.3, -0.25) is 4.79 Å². The van der Waals surface area contributed by atoms with Crippen molar-refractivity contribution in [3.05, 3.63) is 43.0 Å². The minimum atomic E-state index is 0.144. The molecule has 0 saturated carbocycles. The van der Waals surface area contributed by atoms with Crippen LogP contribution in [0.4, 0.5) is 0 Å². The van der Waals surface area contributed by atoms with Crippen molar-refractivity contribution in [2.45, 2.75) is 25.4 Å². The van der Waals surface area contributed by atoms with Crippen molar-refractivity contribution in [2.24, 2.45) is 0 Å². The van der Waals surface area contributed by atoms with Crippen LogP contribution in [0.15, 0.2) is 43.0 Å². The summed E-state index contributed by atoms with van der Waals surface area (Å²) in [5, 5.41) is 7.91. The van der Waals surface area contributed by atoms with Gasteiger partial charge >= 0.3 is 0 Å². The SMILES string of the molecule is O=C(Cn1cnc2ccccc21)N1CCC(n2ccnn2)CC1. The van der Waals surface area contributed by atoms with E-state index in [4.69, 9.17) is 0 Å². The summed E-state index contributed by atoms with van der Waals surface area (Å²) in [6, 6.07) is 8.22. The number of fused-ring (bicyclic) bond motifs is 1. The van der Waals surface area contributed by atoms with Gasteiger partial charge in [0.05, 0.1) is 29.6 Å². The number of para-hydroxylation sites is 2. The third kappa shape index (κ3) is 2.69. The summed E-state index contributed by atoms with van der Waals surface area (Å²) in [7, 11) is 0. The zero-order chi connectivity index (χ0) is 15.6. The summed E-state index contributed by atoms with van der Waals surface area (Å²) >= 11 is 0. The molecule has 0 unspecified atom stereocenters. The van der Waals surface area contributed by atoms with E-state index < -0.39 is 0 Å². The number of benzene rings is 1. The normalized spacial score (nSPS) is 16.1. The average molecular weight is 310 g/mol. The van der Waals surface area contributed by atoms with Crippen LogP contribution in [-0.2, 0) is 11.3 Å². The van der Waals surface area contributed by atoms with Crippen LogP contribution in [0, 0.1) is 0 Å². The number of aromatic nitrogens is 5. The van der Waals surface area contributed by atoms with E-state index in [-0.39, 0.29) is 5.91 Å². The van der Waals surface area contributed by atoms with Crippen molar-refractivity contribution in [2.75, 3.05) is 13.1 Å². The van der Waals surface area contributed by atoms with E-state index in [1.807, 2.05) is 44.6 Å². The summed E-state index contributed by atoms with van der Waals surface area (Å²) in [6.45, 7) is 1.86. The largest absolute Gasteiger partial charge is 0.341 e. The van der Waals surface area contributed by atoms with Crippen molar-refractivity contribution in [3.63, 3.8) is 0 Å². The molecule has 2 aromatic heterocycles. The van der Waals surface area contributed by atoms with Gasteiger partial charge in [-0.1, -0.05) is 17.3 Å². The molecule has 1 aromatic carbocycles. The van der Waals surface area contributed by atoms with Crippen molar-refractivity contribution >= 4 is 16.9 Å². The second kappa shape index (κ2) is 5.83. The van der Waals surface area contributed by atoms with E-state index in [0.29, 0.717) is 12.6 Å². The van der Waals surface area contributed by atoms with Crippen LogP contribution in [0.25, 0.3) is 11.0 Å². The summed E-state index contributed by atoms with van der Waals surface area (Å²) in [5.74, 6) is 0.144. The highest BCUT2D eigenvalue weighted by molar-refractivity contribution is 5.80. The van der Waals surface area contributed by atoms with Crippen molar-refractivity contribution in [1.82, 2.24) is 29.4 Å². The minimum Gasteiger partial charge on any atom is -0.341 e. The fraction of sp³-hybridized carbons (Fsp3) is 0.375. The lowest BCUT2D eigenvalue weighted by atomic mass is 10.1. The fourth-order valence-electron chi connectivity index (χ4n) is 3.17. The molecule has 23 heavy (non-hydrogen) atoms. The van der Waals surface area contributed by atoms with E-state index in [9.17, 15) is 4.79 Å². The molecule has 1 aliphatic heterocycles. The number of imidazole rings is 1. The number of nitrogens with zero attached hydrogens (tertiary/aromatic N) is 6. The number of likely N-dealkylation sites (tertiary alicyclic amines) is 1. The molecule has 3 aromatic rings. The number of hydrogen-bond acceptors (Lipinski definition) is 4. The van der Waals surface area contributed by atoms with Gasteiger partial charge in [-0.25, -0.2) is 9.67 Å². The highest BCUT2D eigenvalue weighted by Gasteiger charge is 2.24. The summed E-state index contributed by atoms with van der Waals surface area (Å²) in [6.07, 6.45) is 7.16. The first kappa shape index (κ1) is 13.9. The topological polar surface area (TPSA) is 68.8 Å². The lowest BCUT2D eigenvalue weighted by Gasteiger charge is -2.32. The molecule has 3 heterocycles. The Bertz CT molecular complexity index is 801. The molecule has 0 atom stereocenters. The number of amides is 1. The Kier molecular flexibility index (Phi) is 3.53. The zero-order valence-corrected chi connectivity index (χ0v) is 12.7. The standard InChI is InChI=1S/C16H18N6O/c23-16(11-21-12-17-14-3-1-2-4-15(14)21)20-8-5-13(6-9-20)22-10-7-18-19-22/h1-4,7,10,12-13H,5-6,8-9,11H2. The third-order valence-corrected chi connectivity index (χ3v) is 4.47. The Morgan fingerprint density at radius 3 is 2.83 bits per heavy atom. The van der Waals surface area contributed by atoms with Gasteiger partial charge in [0.25, 0.3) is 0 Å². The van der Waals surface area contributed by atoms with Gasteiger partial charge in [0.1, 0.15) is 6.54 Å². The molecule has 4 rings (SSSR count). The Hall–Kier alpha value is -2.70. The van der Waals surface area contributed by atoms with Crippen LogP contribution >= 0.6 is 0 Å². The van der Waals surface area contributed by atoms with Crippen molar-refractivity contribution < 1.29 is 4.79 Å². The van der Waals surface area contributed by atoms with Gasteiger partial charge < -0.3 is 9.47 Å². The van der Waals surface area contributed by atoms with Crippen LogP contribution < -0.4 is 0 Å². The first-order valence-electron chi connectivity index (χ1n) is 7.85. The monoisotopic (exact) mass is 310 g/mol. The molecule has 7 heteroatoms. The number of hydrogen-bond donors (Lipinski definition) is 0. The molecular weight excluding hydrogens is 292 g/mol. The van der Waals surface area contributed by atoms with Crippen molar-refractivity contribution in [3.8, 4) is 0 Å². The van der Waals surface area contributed by atoms with Gasteiger partial charge in [0.2, 0.25) is 5.91 Å². The van der Waals surface area contributed by atoms with Crippen LogP contribution in [0.5, 0.6) is 0 Å². The van der Waals surface area contributed by atoms with Crippen LogP contribution in [-0.4, -0.2) is 48.4 Å². The Morgan fingerprint density at radius 2 is 2.04 bits per heavy atom. The van der Waals surface area contributed by atoms with Crippen molar-refractivity contribution in [1.29, 1.82) is 0 Å². The molecule has 0 bridgehead atoms. The highest BCUT2D eigenvalue weighted by Crippen LogP contribution is 2.21. The molecule has 1 amide bonds. The van der Waals surface area contributed by atoms with Gasteiger partial charge in [-0.2, -0.15) is 0 Å². The second-order valence-electron chi connectivity index (χ2n) is 5.86. The molecular formula is C16H18N6O. The number of piperidine rings is 1. The van der Waals surface area contributed by atoms with E-state index in [0.717, 1.165) is 37.0 Å². The van der Waals surface area contributed by atoms with Gasteiger partial charge in [-0.05, 0) is 25.0 Å². The highest BCUT2D eigenvalue weighted by atomic mass is 16.2. The Morgan fingerprint density at radius 1 is 1.22 bits per heavy atom. The van der Waals surface area contributed by atoms with Gasteiger partial charge in [0, 0.05) is 19.3 Å². The smallest absolute Gasteiger partial charge is 0.242 e. The molecule has 0 spiro atoms. The predicted molar refractivity (Wildman–Crippen MR) is 84.6 cm³/mol. The number of rotatable bonds is 3. The van der Waals surface area contributed by atoms with E-state index in [2.05, 4.69) is 15.3 Å². The second-order valence-corrected chi connectivity index (χ2v) is 5.86. The van der Waals surface area contributed by atoms with E-state index in [1.54, 1.807) is 12.5 Å². The molecule has 1 saturated heterocycles. The molecule has 0 radical (unpaired) electrons. The number of carbonyl (C=O) groups excluding carboxylic acids is 1. The van der Waals surface area contributed by atoms with Crippen LogP contribution in [0.2, 0.25) is 0 Å². The molecule has 7 nitrogen and oxygen atoms in total. The maximum atomic E-state index is 12.5. The maximum Gasteiger partial charge on any atom is 0.242 e. The zero-order valence-electron chi connectivity index (χ0n) is 12.7. The van der Waals surface area contributed by atoms with Crippen LogP contribution in [0.3, 0.4) is 0 Å². The summed E-state index contributed by atoms with van der Waals surface area (Å²) in [5.41, 5.74) is 1.92. The Labute approximate surface area is 133 Å². The molecule has 118 valence electrons. The van der Waals surface area contributed by atoms with E-state index >= 15 is 0 Å². The molecule has 0 N–H and O–H groups in total. The Balaban J connectivity index is 1.40. The maximum absolute atomic E-state index is 12.5. The summed E-state index contributed by atoms with van der Waals surface area (Å²) in [4.78, 5) is 18.8. The molecule has 1 fully saturated rings. The molecule has 0 aliphatic carbocycles. The number of carbonyl (C=O) groups is 1. The first-order valence-corrected chi connectivity index (χ1v) is 7.85. The van der Waals surface area contributed by atoms with Gasteiger partial charge in [-0.15, -0.1) is 5.10 Å². The predicted octanol–water partition coefficient (Wildman–Crippen LogP) is 1.49. The van der Waals surface area contributed by atoms with Gasteiger partial charge in [0.15, 0.2) is 0 Å². The minimum absolute atomic E-state index is 0.144. The molecule has 1 aliphatic rings. The quantitative estimate of drug-likeness (QED) is 0.735. The first-order chi connectivity index (χ1) is 11.3. The average Bonchev–Trinajstić information content (AvgIpc) is 3.25. The van der Waals surface area contributed by atoms with Crippen LogP contribution in [0.1, 0.15) is 18.9 Å².